The molecule has 0 bridgehead atoms. The van der Waals surface area contributed by atoms with Gasteiger partial charge in [-0.2, -0.15) is 5.10 Å². The first-order chi connectivity index (χ1) is 12.2. The quantitative estimate of drug-likeness (QED) is 0.798. The molecule has 25 heavy (non-hydrogen) atoms. The highest BCUT2D eigenvalue weighted by molar-refractivity contribution is 5.73. The number of hydrogen-bond donors (Lipinski definition) is 1. The molecule has 0 fully saturated rings. The number of nitrogens with zero attached hydrogens (tertiary/aromatic N) is 2. The summed E-state index contributed by atoms with van der Waals surface area (Å²) >= 11 is 0. The van der Waals surface area contributed by atoms with Crippen LogP contribution in [0.25, 0.3) is 0 Å². The number of rotatable bonds is 3. The van der Waals surface area contributed by atoms with Gasteiger partial charge in [-0.15, -0.1) is 0 Å². The number of benzene rings is 2. The Hall–Kier alpha value is -2.88. The fourth-order valence-electron chi connectivity index (χ4n) is 3.62. The van der Waals surface area contributed by atoms with E-state index in [0.29, 0.717) is 6.54 Å². The Morgan fingerprint density at radius 3 is 2.20 bits per heavy atom. The standard InChI is InChI=1S/C21H21N3O/c1-15(25)24-13-12-19-18(14-24)21(23-22-19)20(16-8-4-2-5-9-16)17-10-6-3-7-11-17/h2-11,20H,12-14H2,1H3,(H,22,23). The molecule has 0 saturated carbocycles. The van der Waals surface area contributed by atoms with E-state index in [0.717, 1.165) is 24.4 Å². The van der Waals surface area contributed by atoms with Crippen molar-refractivity contribution in [2.75, 3.05) is 6.54 Å². The summed E-state index contributed by atoms with van der Waals surface area (Å²) in [7, 11) is 0. The maximum absolute atomic E-state index is 11.8. The maximum Gasteiger partial charge on any atom is 0.219 e. The SMILES string of the molecule is CC(=O)N1CCc2[nH]nc(C(c3ccccc3)c3ccccc3)c2C1. The molecule has 1 aromatic heterocycles. The van der Waals surface area contributed by atoms with E-state index >= 15 is 0 Å². The Kier molecular flexibility index (Phi) is 4.10. The molecule has 0 saturated heterocycles. The molecule has 0 radical (unpaired) electrons. The Labute approximate surface area is 147 Å². The second-order valence-corrected chi connectivity index (χ2v) is 6.51. The van der Waals surface area contributed by atoms with E-state index in [1.807, 2.05) is 17.0 Å². The van der Waals surface area contributed by atoms with Crippen LogP contribution in [0.2, 0.25) is 0 Å². The summed E-state index contributed by atoms with van der Waals surface area (Å²) < 4.78 is 0. The molecule has 0 atom stereocenters. The van der Waals surface area contributed by atoms with E-state index < -0.39 is 0 Å². The van der Waals surface area contributed by atoms with E-state index in [4.69, 9.17) is 0 Å². The number of amides is 1. The van der Waals surface area contributed by atoms with E-state index in [1.54, 1.807) is 6.92 Å². The van der Waals surface area contributed by atoms with Crippen LogP contribution in [0.4, 0.5) is 0 Å². The van der Waals surface area contributed by atoms with Crippen molar-refractivity contribution in [3.8, 4) is 0 Å². The normalized spacial score (nSPS) is 13.8. The number of carbonyl (C=O) groups is 1. The van der Waals surface area contributed by atoms with Crippen LogP contribution in [0.15, 0.2) is 60.7 Å². The van der Waals surface area contributed by atoms with Crippen LogP contribution in [-0.4, -0.2) is 27.5 Å². The van der Waals surface area contributed by atoms with Crippen LogP contribution in [-0.2, 0) is 17.8 Å². The number of H-pyrrole nitrogens is 1. The largest absolute Gasteiger partial charge is 0.338 e. The van der Waals surface area contributed by atoms with Gasteiger partial charge in [0.15, 0.2) is 0 Å². The molecule has 0 spiro atoms. The van der Waals surface area contributed by atoms with Gasteiger partial charge in [0.2, 0.25) is 5.91 Å². The lowest BCUT2D eigenvalue weighted by molar-refractivity contribution is -0.129. The zero-order chi connectivity index (χ0) is 17.2. The van der Waals surface area contributed by atoms with Crippen molar-refractivity contribution in [3.05, 3.63) is 88.7 Å². The van der Waals surface area contributed by atoms with Crippen molar-refractivity contribution in [3.63, 3.8) is 0 Å². The molecular formula is C21H21N3O. The van der Waals surface area contributed by atoms with Gasteiger partial charge in [0.1, 0.15) is 0 Å². The van der Waals surface area contributed by atoms with E-state index in [2.05, 4.69) is 58.7 Å². The molecule has 0 unspecified atom stereocenters. The van der Waals surface area contributed by atoms with Crippen LogP contribution in [0.5, 0.6) is 0 Å². The molecule has 0 aliphatic carbocycles. The summed E-state index contributed by atoms with van der Waals surface area (Å²) in [6, 6.07) is 20.9. The Morgan fingerprint density at radius 1 is 1.04 bits per heavy atom. The van der Waals surface area contributed by atoms with Gasteiger partial charge in [0.25, 0.3) is 0 Å². The number of aromatic amines is 1. The number of aromatic nitrogens is 2. The van der Waals surface area contributed by atoms with Crippen molar-refractivity contribution in [2.24, 2.45) is 0 Å². The zero-order valence-electron chi connectivity index (χ0n) is 14.3. The number of nitrogens with one attached hydrogen (secondary N) is 1. The molecule has 1 aliphatic heterocycles. The Balaban J connectivity index is 1.82. The average molecular weight is 331 g/mol. The highest BCUT2D eigenvalue weighted by Gasteiger charge is 2.28. The lowest BCUT2D eigenvalue weighted by atomic mass is 9.85. The molecule has 1 N–H and O–H groups in total. The predicted octanol–water partition coefficient (Wildman–Crippen LogP) is 3.49. The van der Waals surface area contributed by atoms with Crippen molar-refractivity contribution in [1.82, 2.24) is 15.1 Å². The van der Waals surface area contributed by atoms with E-state index in [1.165, 1.54) is 16.7 Å². The summed E-state index contributed by atoms with van der Waals surface area (Å²) in [5.41, 5.74) is 5.77. The molecule has 4 rings (SSSR count). The second-order valence-electron chi connectivity index (χ2n) is 6.51. The molecule has 4 heteroatoms. The van der Waals surface area contributed by atoms with E-state index in [9.17, 15) is 4.79 Å². The van der Waals surface area contributed by atoms with Gasteiger partial charge in [-0.1, -0.05) is 60.7 Å². The first-order valence-electron chi connectivity index (χ1n) is 8.65. The number of carbonyl (C=O) groups excluding carboxylic acids is 1. The third-order valence-corrected chi connectivity index (χ3v) is 4.95. The van der Waals surface area contributed by atoms with Gasteiger partial charge in [-0.05, 0) is 11.1 Å². The van der Waals surface area contributed by atoms with Gasteiger partial charge in [0.05, 0.1) is 11.6 Å². The Morgan fingerprint density at radius 2 is 1.64 bits per heavy atom. The maximum atomic E-state index is 11.8. The second kappa shape index (κ2) is 6.55. The Bertz CT molecular complexity index is 831. The molecule has 126 valence electrons. The minimum Gasteiger partial charge on any atom is -0.338 e. The van der Waals surface area contributed by atoms with Crippen LogP contribution in [0.3, 0.4) is 0 Å². The topological polar surface area (TPSA) is 49.0 Å². The van der Waals surface area contributed by atoms with Crippen molar-refractivity contribution in [2.45, 2.75) is 25.8 Å². The summed E-state index contributed by atoms with van der Waals surface area (Å²) in [4.78, 5) is 13.7. The third kappa shape index (κ3) is 2.95. The van der Waals surface area contributed by atoms with Crippen molar-refractivity contribution >= 4 is 5.91 Å². The molecule has 1 amide bonds. The average Bonchev–Trinajstić information content (AvgIpc) is 3.07. The fraction of sp³-hybridized carbons (Fsp3) is 0.238. The predicted molar refractivity (Wildman–Crippen MR) is 97.2 cm³/mol. The smallest absolute Gasteiger partial charge is 0.219 e. The highest BCUT2D eigenvalue weighted by atomic mass is 16.2. The van der Waals surface area contributed by atoms with E-state index in [-0.39, 0.29) is 11.8 Å². The summed E-state index contributed by atoms with van der Waals surface area (Å²) in [5, 5.41) is 7.90. The molecule has 1 aliphatic rings. The molecule has 4 nitrogen and oxygen atoms in total. The van der Waals surface area contributed by atoms with Crippen LogP contribution in [0, 0.1) is 0 Å². The minimum atomic E-state index is 0.0642. The molecule has 2 aromatic carbocycles. The third-order valence-electron chi connectivity index (χ3n) is 4.95. The molecule has 2 heterocycles. The van der Waals surface area contributed by atoms with Gasteiger partial charge in [-0.25, -0.2) is 0 Å². The monoisotopic (exact) mass is 331 g/mol. The van der Waals surface area contributed by atoms with Gasteiger partial charge >= 0.3 is 0 Å². The van der Waals surface area contributed by atoms with Crippen molar-refractivity contribution in [1.29, 1.82) is 0 Å². The lowest BCUT2D eigenvalue weighted by Gasteiger charge is -2.27. The lowest BCUT2D eigenvalue weighted by Crippen LogP contribution is -2.34. The van der Waals surface area contributed by atoms with Crippen LogP contribution >= 0.6 is 0 Å². The van der Waals surface area contributed by atoms with Gasteiger partial charge in [0, 0.05) is 37.7 Å². The molecule has 3 aromatic rings. The van der Waals surface area contributed by atoms with Gasteiger partial charge in [-0.3, -0.25) is 9.89 Å². The molecular weight excluding hydrogens is 310 g/mol. The summed E-state index contributed by atoms with van der Waals surface area (Å²) in [6.45, 7) is 3.02. The fourth-order valence-corrected chi connectivity index (χ4v) is 3.62. The zero-order valence-corrected chi connectivity index (χ0v) is 14.3. The first kappa shape index (κ1) is 15.6. The summed E-state index contributed by atoms with van der Waals surface area (Å²) in [5.74, 6) is 0.183. The summed E-state index contributed by atoms with van der Waals surface area (Å²) in [6.07, 6.45) is 0.832. The van der Waals surface area contributed by atoms with Crippen LogP contribution < -0.4 is 0 Å². The van der Waals surface area contributed by atoms with Gasteiger partial charge < -0.3 is 4.90 Å². The number of hydrogen-bond acceptors (Lipinski definition) is 2. The van der Waals surface area contributed by atoms with Crippen molar-refractivity contribution < 1.29 is 4.79 Å². The number of fused-ring (bicyclic) bond motifs is 1. The highest BCUT2D eigenvalue weighted by Crippen LogP contribution is 2.35. The van der Waals surface area contributed by atoms with Crippen LogP contribution in [0.1, 0.15) is 40.9 Å². The first-order valence-corrected chi connectivity index (χ1v) is 8.65. The minimum absolute atomic E-state index is 0.0642.